The third-order valence-corrected chi connectivity index (χ3v) is 2.63. The Morgan fingerprint density at radius 2 is 1.71 bits per heavy atom. The summed E-state index contributed by atoms with van der Waals surface area (Å²) in [5.41, 5.74) is 0.531. The number of thiocarbonyl (C=S) groups is 1. The van der Waals surface area contributed by atoms with Crippen molar-refractivity contribution >= 4 is 34.8 Å². The van der Waals surface area contributed by atoms with Crippen LogP contribution in [-0.2, 0) is 9.59 Å². The minimum absolute atomic E-state index is 0.0316. The molecule has 0 atom stereocenters. The molecule has 4 nitrogen and oxygen atoms in total. The van der Waals surface area contributed by atoms with Crippen molar-refractivity contribution in [3.05, 3.63) is 30.1 Å². The highest BCUT2D eigenvalue weighted by molar-refractivity contribution is 7.80. The number of likely N-dealkylation sites (tertiary alicyclic amines) is 1. The van der Waals surface area contributed by atoms with E-state index in [4.69, 9.17) is 12.2 Å². The molecular formula is C11H9FN2O2S. The molecule has 0 radical (unpaired) electrons. The Morgan fingerprint density at radius 1 is 1.18 bits per heavy atom. The van der Waals surface area contributed by atoms with Crippen LogP contribution in [-0.4, -0.2) is 21.8 Å². The van der Waals surface area contributed by atoms with Gasteiger partial charge in [-0.3, -0.25) is 9.59 Å². The summed E-state index contributed by atoms with van der Waals surface area (Å²) in [6.45, 7) is 0. The molecule has 0 spiro atoms. The van der Waals surface area contributed by atoms with Crippen LogP contribution in [0.15, 0.2) is 24.3 Å². The van der Waals surface area contributed by atoms with Crippen LogP contribution >= 0.6 is 12.2 Å². The third kappa shape index (κ3) is 2.47. The molecule has 0 unspecified atom stereocenters. The van der Waals surface area contributed by atoms with Crippen LogP contribution in [0.1, 0.15) is 12.8 Å². The standard InChI is InChI=1S/C11H9FN2O2S/c12-7-1-3-8(4-2-7)13-11(17)14-9(15)5-6-10(14)16/h1-4H,5-6H2,(H,13,17). The Hall–Kier alpha value is -1.82. The number of carbonyl (C=O) groups is 2. The fourth-order valence-corrected chi connectivity index (χ4v) is 1.84. The zero-order valence-electron chi connectivity index (χ0n) is 8.77. The second-order valence-corrected chi connectivity index (χ2v) is 3.95. The van der Waals surface area contributed by atoms with Crippen molar-refractivity contribution in [2.24, 2.45) is 0 Å². The molecular weight excluding hydrogens is 243 g/mol. The van der Waals surface area contributed by atoms with Crippen molar-refractivity contribution in [2.45, 2.75) is 12.8 Å². The number of halogens is 1. The van der Waals surface area contributed by atoms with E-state index in [1.165, 1.54) is 24.3 Å². The summed E-state index contributed by atoms with van der Waals surface area (Å²) in [5.74, 6) is -0.987. The number of imide groups is 1. The summed E-state index contributed by atoms with van der Waals surface area (Å²) in [7, 11) is 0. The second-order valence-electron chi connectivity index (χ2n) is 3.56. The summed E-state index contributed by atoms with van der Waals surface area (Å²) in [6.07, 6.45) is 0.369. The average Bonchev–Trinajstić information content (AvgIpc) is 2.62. The van der Waals surface area contributed by atoms with E-state index in [1.807, 2.05) is 0 Å². The molecule has 0 aliphatic carbocycles. The summed E-state index contributed by atoms with van der Waals surface area (Å²) >= 11 is 4.96. The van der Waals surface area contributed by atoms with E-state index in [0.717, 1.165) is 4.90 Å². The van der Waals surface area contributed by atoms with Gasteiger partial charge in [0.2, 0.25) is 11.8 Å². The highest BCUT2D eigenvalue weighted by atomic mass is 32.1. The maximum Gasteiger partial charge on any atom is 0.236 e. The molecule has 0 bridgehead atoms. The van der Waals surface area contributed by atoms with Crippen molar-refractivity contribution in [1.82, 2.24) is 4.90 Å². The summed E-state index contributed by atoms with van der Waals surface area (Å²) in [4.78, 5) is 23.7. The van der Waals surface area contributed by atoms with Gasteiger partial charge >= 0.3 is 0 Å². The summed E-state index contributed by atoms with van der Waals surface area (Å²) < 4.78 is 12.7. The first-order valence-corrected chi connectivity index (χ1v) is 5.41. The SMILES string of the molecule is O=C1CCC(=O)N1C(=S)Nc1ccc(F)cc1. The quantitative estimate of drug-likeness (QED) is 0.610. The molecule has 1 heterocycles. The summed E-state index contributed by atoms with van der Waals surface area (Å²) in [5, 5.41) is 2.75. The molecule has 1 aromatic rings. The number of nitrogens with zero attached hydrogens (tertiary/aromatic N) is 1. The maximum atomic E-state index is 12.7. The van der Waals surface area contributed by atoms with Crippen molar-refractivity contribution in [3.63, 3.8) is 0 Å². The Kier molecular flexibility index (Phi) is 3.14. The van der Waals surface area contributed by atoms with E-state index in [9.17, 15) is 14.0 Å². The predicted octanol–water partition coefficient (Wildman–Crippen LogP) is 1.67. The van der Waals surface area contributed by atoms with Crippen LogP contribution in [0.4, 0.5) is 10.1 Å². The lowest BCUT2D eigenvalue weighted by molar-refractivity contribution is -0.133. The van der Waals surface area contributed by atoms with Crippen molar-refractivity contribution in [3.8, 4) is 0 Å². The number of carbonyl (C=O) groups excluding carboxylic acids is 2. The van der Waals surface area contributed by atoms with Gasteiger partial charge in [0, 0.05) is 18.5 Å². The second kappa shape index (κ2) is 4.58. The van der Waals surface area contributed by atoms with Crippen LogP contribution in [0.2, 0.25) is 0 Å². The van der Waals surface area contributed by atoms with Gasteiger partial charge < -0.3 is 5.32 Å². The highest BCUT2D eigenvalue weighted by Crippen LogP contribution is 2.15. The monoisotopic (exact) mass is 252 g/mol. The zero-order chi connectivity index (χ0) is 12.4. The van der Waals surface area contributed by atoms with Gasteiger partial charge in [-0.15, -0.1) is 0 Å². The first-order valence-electron chi connectivity index (χ1n) is 5.00. The molecule has 1 N–H and O–H groups in total. The van der Waals surface area contributed by atoms with Gasteiger partial charge in [-0.2, -0.15) is 0 Å². The average molecular weight is 252 g/mol. The van der Waals surface area contributed by atoms with Gasteiger partial charge in [0.05, 0.1) is 0 Å². The number of benzene rings is 1. The Balaban J connectivity index is 2.09. The van der Waals surface area contributed by atoms with E-state index in [1.54, 1.807) is 0 Å². The van der Waals surface area contributed by atoms with Crippen LogP contribution < -0.4 is 5.32 Å². The molecule has 1 aliphatic heterocycles. The first-order chi connectivity index (χ1) is 8.08. The molecule has 88 valence electrons. The number of rotatable bonds is 1. The number of hydrogen-bond acceptors (Lipinski definition) is 3. The number of anilines is 1. The normalized spacial score (nSPS) is 15.2. The van der Waals surface area contributed by atoms with Crippen LogP contribution in [0.3, 0.4) is 0 Å². The molecule has 17 heavy (non-hydrogen) atoms. The minimum atomic E-state index is -0.366. The molecule has 1 aromatic carbocycles. The fraction of sp³-hybridized carbons (Fsp3) is 0.182. The molecule has 6 heteroatoms. The fourth-order valence-electron chi connectivity index (χ4n) is 1.52. The molecule has 1 fully saturated rings. The number of hydrogen-bond donors (Lipinski definition) is 1. The zero-order valence-corrected chi connectivity index (χ0v) is 9.59. The van der Waals surface area contributed by atoms with Gasteiger partial charge in [0.15, 0.2) is 5.11 Å². The highest BCUT2D eigenvalue weighted by Gasteiger charge is 2.32. The Labute approximate surface area is 102 Å². The van der Waals surface area contributed by atoms with E-state index in [2.05, 4.69) is 5.32 Å². The van der Waals surface area contributed by atoms with Crippen LogP contribution in [0.25, 0.3) is 0 Å². The molecule has 1 aliphatic rings. The third-order valence-electron chi connectivity index (χ3n) is 2.35. The Bertz CT molecular complexity index is 471. The largest absolute Gasteiger partial charge is 0.332 e. The van der Waals surface area contributed by atoms with E-state index in [0.29, 0.717) is 5.69 Å². The molecule has 1 saturated heterocycles. The first kappa shape index (κ1) is 11.7. The molecule has 0 saturated carbocycles. The molecule has 2 amide bonds. The number of nitrogens with one attached hydrogen (secondary N) is 1. The number of amides is 2. The van der Waals surface area contributed by atoms with Crippen molar-refractivity contribution in [1.29, 1.82) is 0 Å². The lowest BCUT2D eigenvalue weighted by atomic mass is 10.3. The van der Waals surface area contributed by atoms with Crippen LogP contribution in [0.5, 0.6) is 0 Å². The van der Waals surface area contributed by atoms with E-state index in [-0.39, 0.29) is 35.6 Å². The smallest absolute Gasteiger partial charge is 0.236 e. The van der Waals surface area contributed by atoms with Crippen molar-refractivity contribution in [2.75, 3.05) is 5.32 Å². The minimum Gasteiger partial charge on any atom is -0.332 e. The maximum absolute atomic E-state index is 12.7. The van der Waals surface area contributed by atoms with Gasteiger partial charge in [-0.25, -0.2) is 9.29 Å². The Morgan fingerprint density at radius 3 is 2.24 bits per heavy atom. The van der Waals surface area contributed by atoms with Gasteiger partial charge in [-0.05, 0) is 36.5 Å². The molecule has 0 aromatic heterocycles. The topological polar surface area (TPSA) is 49.4 Å². The molecule has 2 rings (SSSR count). The van der Waals surface area contributed by atoms with Crippen molar-refractivity contribution < 1.29 is 14.0 Å². The van der Waals surface area contributed by atoms with E-state index < -0.39 is 0 Å². The van der Waals surface area contributed by atoms with Gasteiger partial charge in [0.25, 0.3) is 0 Å². The summed E-state index contributed by atoms with van der Waals surface area (Å²) in [6, 6.07) is 5.48. The van der Waals surface area contributed by atoms with E-state index >= 15 is 0 Å². The van der Waals surface area contributed by atoms with Gasteiger partial charge in [-0.1, -0.05) is 0 Å². The van der Waals surface area contributed by atoms with Gasteiger partial charge in [0.1, 0.15) is 5.82 Å². The lowest BCUT2D eigenvalue weighted by Gasteiger charge is -2.16. The predicted molar refractivity (Wildman–Crippen MR) is 63.7 cm³/mol. The van der Waals surface area contributed by atoms with Crippen LogP contribution in [0, 0.1) is 5.82 Å². The lowest BCUT2D eigenvalue weighted by Crippen LogP contribution is -2.38.